The van der Waals surface area contributed by atoms with Gasteiger partial charge in [-0.3, -0.25) is 0 Å². The highest BCUT2D eigenvalue weighted by Gasteiger charge is 2.33. The predicted molar refractivity (Wildman–Crippen MR) is 31.0 cm³/mol. The van der Waals surface area contributed by atoms with Gasteiger partial charge in [-0.1, -0.05) is 21.6 Å². The van der Waals surface area contributed by atoms with Crippen molar-refractivity contribution in [1.82, 2.24) is 0 Å². The number of hydrogen-bond donors (Lipinski definition) is 0. The van der Waals surface area contributed by atoms with Gasteiger partial charge in [0.05, 0.1) is 7.11 Å². The SMILES string of the molecule is COC(=O)C1SS1. The minimum absolute atomic E-state index is 0.0880. The normalized spacial score (nSPS) is 19.0. The van der Waals surface area contributed by atoms with Gasteiger partial charge < -0.3 is 4.74 Å². The molecule has 4 heteroatoms. The van der Waals surface area contributed by atoms with E-state index in [0.29, 0.717) is 0 Å². The Balaban J connectivity index is 2.24. The molecule has 0 aromatic carbocycles. The predicted octanol–water partition coefficient (Wildman–Crippen LogP) is 0.880. The molecule has 0 aromatic rings. The summed E-state index contributed by atoms with van der Waals surface area (Å²) in [6.07, 6.45) is 0. The third-order valence-corrected chi connectivity index (χ3v) is 2.51. The molecular formula is C3H4O2S2. The first-order chi connectivity index (χ1) is 3.34. The van der Waals surface area contributed by atoms with Crippen molar-refractivity contribution in [2.45, 2.75) is 4.58 Å². The molecule has 0 atom stereocenters. The van der Waals surface area contributed by atoms with Crippen molar-refractivity contribution < 1.29 is 9.53 Å². The Hall–Kier alpha value is 0.170. The molecule has 2 nitrogen and oxygen atoms in total. The van der Waals surface area contributed by atoms with Gasteiger partial charge in [-0.05, 0) is 0 Å². The number of rotatable bonds is 1. The Morgan fingerprint density at radius 1 is 1.71 bits per heavy atom. The molecule has 1 rings (SSSR count). The lowest BCUT2D eigenvalue weighted by Gasteiger charge is -1.87. The number of ether oxygens (including phenoxy) is 1. The molecule has 0 spiro atoms. The summed E-state index contributed by atoms with van der Waals surface area (Å²) >= 11 is 0. The van der Waals surface area contributed by atoms with Crippen LogP contribution >= 0.6 is 21.6 Å². The molecule has 0 amide bonds. The molecule has 0 aromatic heterocycles. The fraction of sp³-hybridized carbons (Fsp3) is 0.667. The summed E-state index contributed by atoms with van der Waals surface area (Å²) in [7, 11) is 4.49. The van der Waals surface area contributed by atoms with E-state index >= 15 is 0 Å². The second-order valence-corrected chi connectivity index (χ2v) is 3.83. The maximum absolute atomic E-state index is 10.3. The molecule has 40 valence electrons. The molecule has 0 aliphatic carbocycles. The van der Waals surface area contributed by atoms with E-state index in [4.69, 9.17) is 0 Å². The first kappa shape index (κ1) is 5.31. The number of hydrogen-bond acceptors (Lipinski definition) is 4. The number of carbonyl (C=O) groups excluding carboxylic acids is 1. The van der Waals surface area contributed by atoms with Gasteiger partial charge >= 0.3 is 5.97 Å². The van der Waals surface area contributed by atoms with Gasteiger partial charge in [0.25, 0.3) is 0 Å². The monoisotopic (exact) mass is 136 g/mol. The van der Waals surface area contributed by atoms with E-state index in [9.17, 15) is 4.79 Å². The van der Waals surface area contributed by atoms with Crippen LogP contribution < -0.4 is 0 Å². The molecule has 0 bridgehead atoms. The van der Waals surface area contributed by atoms with Crippen molar-refractivity contribution in [1.29, 1.82) is 0 Å². The van der Waals surface area contributed by atoms with E-state index in [-0.39, 0.29) is 10.6 Å². The topological polar surface area (TPSA) is 26.3 Å². The third-order valence-electron chi connectivity index (χ3n) is 0.586. The van der Waals surface area contributed by atoms with Gasteiger partial charge in [0.1, 0.15) is 0 Å². The van der Waals surface area contributed by atoms with Crippen molar-refractivity contribution in [3.8, 4) is 0 Å². The van der Waals surface area contributed by atoms with E-state index in [1.54, 1.807) is 21.6 Å². The average molecular weight is 136 g/mol. The fourth-order valence-electron chi connectivity index (χ4n) is 0.203. The summed E-state index contributed by atoms with van der Waals surface area (Å²) in [5.41, 5.74) is 0. The van der Waals surface area contributed by atoms with Crippen LogP contribution in [-0.4, -0.2) is 17.7 Å². The summed E-state index contributed by atoms with van der Waals surface area (Å²) < 4.78 is 4.48. The second kappa shape index (κ2) is 1.96. The highest BCUT2D eigenvalue weighted by molar-refractivity contribution is 8.93. The Bertz CT molecular complexity index is 88.9. The Morgan fingerprint density at radius 2 is 2.29 bits per heavy atom. The standard InChI is InChI=1S/C3H4O2S2/c1-5-2(4)3-6-7-3/h3H,1H3. The van der Waals surface area contributed by atoms with Crippen LogP contribution in [0.25, 0.3) is 0 Å². The molecule has 0 radical (unpaired) electrons. The van der Waals surface area contributed by atoms with Crippen molar-refractivity contribution in [2.24, 2.45) is 0 Å². The van der Waals surface area contributed by atoms with E-state index in [0.717, 1.165) is 0 Å². The molecule has 1 saturated heterocycles. The van der Waals surface area contributed by atoms with Crippen LogP contribution in [-0.2, 0) is 9.53 Å². The number of esters is 1. The zero-order valence-electron chi connectivity index (χ0n) is 3.71. The van der Waals surface area contributed by atoms with Crippen LogP contribution in [0, 0.1) is 0 Å². The van der Waals surface area contributed by atoms with Crippen LogP contribution in [0.4, 0.5) is 0 Å². The van der Waals surface area contributed by atoms with Gasteiger partial charge in [0.2, 0.25) is 0 Å². The summed E-state index contributed by atoms with van der Waals surface area (Å²) in [6, 6.07) is 0. The highest BCUT2D eigenvalue weighted by Crippen LogP contribution is 2.53. The lowest BCUT2D eigenvalue weighted by atomic mass is 10.8. The van der Waals surface area contributed by atoms with Crippen molar-refractivity contribution in [3.05, 3.63) is 0 Å². The van der Waals surface area contributed by atoms with Crippen LogP contribution in [0.5, 0.6) is 0 Å². The number of methoxy groups -OCH3 is 1. The van der Waals surface area contributed by atoms with E-state index in [1.165, 1.54) is 7.11 Å². The summed E-state index contributed by atoms with van der Waals surface area (Å²) in [6.45, 7) is 0. The van der Waals surface area contributed by atoms with Gasteiger partial charge in [-0.15, -0.1) is 0 Å². The molecule has 7 heavy (non-hydrogen) atoms. The van der Waals surface area contributed by atoms with Gasteiger partial charge in [-0.25, -0.2) is 4.79 Å². The molecule has 0 N–H and O–H groups in total. The summed E-state index contributed by atoms with van der Waals surface area (Å²) in [5, 5.41) is 0. The average Bonchev–Trinajstić information content (AvgIpc) is 2.44. The summed E-state index contributed by atoms with van der Waals surface area (Å²) in [5.74, 6) is -0.116. The van der Waals surface area contributed by atoms with Crippen molar-refractivity contribution >= 4 is 27.6 Å². The minimum atomic E-state index is -0.116. The maximum atomic E-state index is 10.3. The van der Waals surface area contributed by atoms with Crippen molar-refractivity contribution in [3.63, 3.8) is 0 Å². The van der Waals surface area contributed by atoms with Gasteiger partial charge in [0, 0.05) is 0 Å². The van der Waals surface area contributed by atoms with Crippen molar-refractivity contribution in [2.75, 3.05) is 7.11 Å². The fourth-order valence-corrected chi connectivity index (χ4v) is 1.25. The van der Waals surface area contributed by atoms with Crippen LogP contribution in [0.2, 0.25) is 0 Å². The molecule has 1 aliphatic heterocycles. The first-order valence-corrected chi connectivity index (χ1v) is 4.02. The number of carbonyl (C=O) groups is 1. The largest absolute Gasteiger partial charge is 0.468 e. The quantitative estimate of drug-likeness (QED) is 0.304. The minimum Gasteiger partial charge on any atom is -0.468 e. The third kappa shape index (κ3) is 1.28. The van der Waals surface area contributed by atoms with E-state index < -0.39 is 0 Å². The lowest BCUT2D eigenvalue weighted by molar-refractivity contribution is -0.137. The molecule has 1 heterocycles. The summed E-state index contributed by atoms with van der Waals surface area (Å²) in [4.78, 5) is 10.3. The smallest absolute Gasteiger partial charge is 0.330 e. The van der Waals surface area contributed by atoms with Crippen LogP contribution in [0.15, 0.2) is 0 Å². The van der Waals surface area contributed by atoms with Crippen LogP contribution in [0.1, 0.15) is 0 Å². The van der Waals surface area contributed by atoms with E-state index in [2.05, 4.69) is 4.74 Å². The zero-order valence-corrected chi connectivity index (χ0v) is 5.34. The molecule has 1 fully saturated rings. The maximum Gasteiger partial charge on any atom is 0.330 e. The van der Waals surface area contributed by atoms with Gasteiger partial charge in [0.15, 0.2) is 4.58 Å². The Kier molecular flexibility index (Phi) is 1.49. The lowest BCUT2D eigenvalue weighted by Crippen LogP contribution is -2.03. The highest BCUT2D eigenvalue weighted by atomic mass is 33.2. The van der Waals surface area contributed by atoms with Crippen LogP contribution in [0.3, 0.4) is 0 Å². The second-order valence-electron chi connectivity index (χ2n) is 1.05. The van der Waals surface area contributed by atoms with E-state index in [1.807, 2.05) is 0 Å². The molecule has 1 aliphatic rings. The van der Waals surface area contributed by atoms with Gasteiger partial charge in [-0.2, -0.15) is 0 Å². The Labute approximate surface area is 49.4 Å². The first-order valence-electron chi connectivity index (χ1n) is 1.74. The Morgan fingerprint density at radius 3 is 2.43 bits per heavy atom. The molecule has 0 unspecified atom stereocenters. The molecular weight excluding hydrogens is 132 g/mol. The zero-order chi connectivity index (χ0) is 5.28. The molecule has 0 saturated carbocycles.